The van der Waals surface area contributed by atoms with Gasteiger partial charge in [0.25, 0.3) is 11.5 Å². The first-order chi connectivity index (χ1) is 12.6. The lowest BCUT2D eigenvalue weighted by molar-refractivity contribution is 0.0955. The van der Waals surface area contributed by atoms with Crippen LogP contribution in [0.3, 0.4) is 0 Å². The molecule has 7 nitrogen and oxygen atoms in total. The fraction of sp³-hybridized carbons (Fsp3) is 0.211. The molecule has 1 amide bonds. The average molecular weight is 347 g/mol. The Morgan fingerprint density at radius 2 is 2.15 bits per heavy atom. The summed E-state index contributed by atoms with van der Waals surface area (Å²) in [5, 5.41) is 4.65. The highest BCUT2D eigenvalue weighted by molar-refractivity contribution is 6.01. The van der Waals surface area contributed by atoms with Crippen LogP contribution in [0.1, 0.15) is 35.1 Å². The zero-order valence-electron chi connectivity index (χ0n) is 14.3. The van der Waals surface area contributed by atoms with Crippen LogP contribution in [0.4, 0.5) is 0 Å². The summed E-state index contributed by atoms with van der Waals surface area (Å²) >= 11 is 0. The maximum absolute atomic E-state index is 12.5. The van der Waals surface area contributed by atoms with Crippen molar-refractivity contribution in [1.82, 2.24) is 20.0 Å². The van der Waals surface area contributed by atoms with Crippen molar-refractivity contribution in [2.75, 3.05) is 0 Å². The predicted molar refractivity (Wildman–Crippen MR) is 98.2 cm³/mol. The van der Waals surface area contributed by atoms with E-state index in [9.17, 15) is 9.59 Å². The highest BCUT2D eigenvalue weighted by atomic mass is 16.2. The Morgan fingerprint density at radius 3 is 2.96 bits per heavy atom. The SMILES string of the molecule is C/C(=N/NC(=O)c1ccc2c(=O)n3c(nc2c1)CCC3)c1cccnc1. The summed E-state index contributed by atoms with van der Waals surface area (Å²) in [5.41, 5.74) is 4.94. The summed E-state index contributed by atoms with van der Waals surface area (Å²) in [5.74, 6) is 0.433. The van der Waals surface area contributed by atoms with Crippen LogP contribution in [0.15, 0.2) is 52.6 Å². The van der Waals surface area contributed by atoms with Crippen LogP contribution in [-0.4, -0.2) is 26.2 Å². The Kier molecular flexibility index (Phi) is 4.04. The van der Waals surface area contributed by atoms with Gasteiger partial charge in [0.1, 0.15) is 5.82 Å². The van der Waals surface area contributed by atoms with Gasteiger partial charge in [-0.05, 0) is 37.6 Å². The number of fused-ring (bicyclic) bond motifs is 2. The van der Waals surface area contributed by atoms with E-state index in [0.717, 1.165) is 24.2 Å². The molecule has 3 aromatic rings. The number of carbonyl (C=O) groups excluding carboxylic acids is 1. The number of aryl methyl sites for hydroxylation is 1. The van der Waals surface area contributed by atoms with Crippen LogP contribution in [0, 0.1) is 0 Å². The third-order valence-electron chi connectivity index (χ3n) is 4.48. The maximum atomic E-state index is 12.5. The monoisotopic (exact) mass is 347 g/mol. The third-order valence-corrected chi connectivity index (χ3v) is 4.48. The lowest BCUT2D eigenvalue weighted by Crippen LogP contribution is -2.22. The first kappa shape index (κ1) is 16.1. The third kappa shape index (κ3) is 2.88. The number of hydrazone groups is 1. The van der Waals surface area contributed by atoms with Crippen molar-refractivity contribution in [2.45, 2.75) is 26.3 Å². The Balaban J connectivity index is 1.61. The summed E-state index contributed by atoms with van der Waals surface area (Å²) in [6, 6.07) is 8.59. The molecule has 0 fully saturated rings. The number of carbonyl (C=O) groups is 1. The Hall–Kier alpha value is -3.35. The highest BCUT2D eigenvalue weighted by Gasteiger charge is 2.17. The van der Waals surface area contributed by atoms with Gasteiger partial charge in [-0.1, -0.05) is 6.07 Å². The van der Waals surface area contributed by atoms with E-state index in [4.69, 9.17) is 0 Å². The van der Waals surface area contributed by atoms with Gasteiger partial charge >= 0.3 is 0 Å². The summed E-state index contributed by atoms with van der Waals surface area (Å²) in [7, 11) is 0. The number of hydrogen-bond acceptors (Lipinski definition) is 5. The topological polar surface area (TPSA) is 89.2 Å². The largest absolute Gasteiger partial charge is 0.296 e. The minimum atomic E-state index is -0.349. The lowest BCUT2D eigenvalue weighted by Gasteiger charge is -2.07. The molecule has 7 heteroatoms. The van der Waals surface area contributed by atoms with Crippen molar-refractivity contribution in [3.05, 3.63) is 70.0 Å². The maximum Gasteiger partial charge on any atom is 0.271 e. The average Bonchev–Trinajstić information content (AvgIpc) is 3.15. The molecule has 1 N–H and O–H groups in total. The molecule has 4 rings (SSSR count). The number of aromatic nitrogens is 3. The van der Waals surface area contributed by atoms with Crippen molar-refractivity contribution in [3.8, 4) is 0 Å². The van der Waals surface area contributed by atoms with E-state index in [1.807, 2.05) is 12.1 Å². The molecule has 0 radical (unpaired) electrons. The summed E-state index contributed by atoms with van der Waals surface area (Å²) in [6.07, 6.45) is 5.07. The van der Waals surface area contributed by atoms with E-state index in [1.54, 1.807) is 42.1 Å². The van der Waals surface area contributed by atoms with Gasteiger partial charge in [0, 0.05) is 36.5 Å². The van der Waals surface area contributed by atoms with E-state index in [-0.39, 0.29) is 11.5 Å². The molecular formula is C19H17N5O2. The van der Waals surface area contributed by atoms with Crippen LogP contribution in [0.2, 0.25) is 0 Å². The van der Waals surface area contributed by atoms with Gasteiger partial charge in [0.15, 0.2) is 0 Å². The van der Waals surface area contributed by atoms with Crippen molar-refractivity contribution in [3.63, 3.8) is 0 Å². The highest BCUT2D eigenvalue weighted by Crippen LogP contribution is 2.16. The second-order valence-electron chi connectivity index (χ2n) is 6.20. The van der Waals surface area contributed by atoms with Crippen LogP contribution in [-0.2, 0) is 13.0 Å². The molecule has 26 heavy (non-hydrogen) atoms. The van der Waals surface area contributed by atoms with Gasteiger partial charge in [0.05, 0.1) is 16.6 Å². The standard InChI is InChI=1S/C19H17N5O2/c1-12(14-4-2-8-20-11-14)22-23-18(25)13-6-7-15-16(10-13)21-17-5-3-9-24(17)19(15)26/h2,4,6-8,10-11H,3,5,9H2,1H3,(H,23,25)/b22-12-. The zero-order chi connectivity index (χ0) is 18.1. The van der Waals surface area contributed by atoms with Gasteiger partial charge < -0.3 is 0 Å². The number of pyridine rings is 1. The quantitative estimate of drug-likeness (QED) is 0.579. The van der Waals surface area contributed by atoms with Gasteiger partial charge in [0.2, 0.25) is 0 Å². The molecule has 0 saturated heterocycles. The van der Waals surface area contributed by atoms with Crippen LogP contribution >= 0.6 is 0 Å². The summed E-state index contributed by atoms with van der Waals surface area (Å²) < 4.78 is 1.71. The van der Waals surface area contributed by atoms with E-state index in [2.05, 4.69) is 20.5 Å². The van der Waals surface area contributed by atoms with E-state index in [1.165, 1.54) is 0 Å². The van der Waals surface area contributed by atoms with Crippen molar-refractivity contribution >= 4 is 22.5 Å². The fourth-order valence-electron chi connectivity index (χ4n) is 3.07. The normalized spacial score (nSPS) is 13.7. The number of rotatable bonds is 3. The molecule has 2 aromatic heterocycles. The lowest BCUT2D eigenvalue weighted by atomic mass is 10.1. The van der Waals surface area contributed by atoms with E-state index >= 15 is 0 Å². The van der Waals surface area contributed by atoms with Crippen molar-refractivity contribution in [2.24, 2.45) is 5.10 Å². The summed E-state index contributed by atoms with van der Waals surface area (Å²) in [6.45, 7) is 2.51. The zero-order valence-corrected chi connectivity index (χ0v) is 14.3. The number of hydrogen-bond donors (Lipinski definition) is 1. The molecule has 0 unspecified atom stereocenters. The Bertz CT molecular complexity index is 1090. The molecule has 0 aliphatic carbocycles. The van der Waals surface area contributed by atoms with Gasteiger partial charge in [-0.15, -0.1) is 0 Å². The van der Waals surface area contributed by atoms with Crippen molar-refractivity contribution in [1.29, 1.82) is 0 Å². The minimum Gasteiger partial charge on any atom is -0.296 e. The first-order valence-corrected chi connectivity index (χ1v) is 8.42. The molecule has 0 spiro atoms. The number of nitrogens with zero attached hydrogens (tertiary/aromatic N) is 4. The van der Waals surface area contributed by atoms with E-state index in [0.29, 0.717) is 28.7 Å². The molecule has 0 atom stereocenters. The molecule has 3 heterocycles. The second-order valence-corrected chi connectivity index (χ2v) is 6.20. The van der Waals surface area contributed by atoms with E-state index < -0.39 is 0 Å². The van der Waals surface area contributed by atoms with Crippen LogP contribution < -0.4 is 11.0 Å². The Morgan fingerprint density at radius 1 is 1.27 bits per heavy atom. The molecule has 130 valence electrons. The second kappa shape index (κ2) is 6.51. The van der Waals surface area contributed by atoms with Crippen LogP contribution in [0.5, 0.6) is 0 Å². The fourth-order valence-corrected chi connectivity index (χ4v) is 3.07. The Labute approximate surface area is 149 Å². The van der Waals surface area contributed by atoms with Crippen molar-refractivity contribution < 1.29 is 4.79 Å². The van der Waals surface area contributed by atoms with Crippen LogP contribution in [0.25, 0.3) is 10.9 Å². The van der Waals surface area contributed by atoms with Gasteiger partial charge in [-0.2, -0.15) is 5.10 Å². The van der Waals surface area contributed by atoms with Gasteiger partial charge in [-0.25, -0.2) is 10.4 Å². The molecule has 1 aliphatic rings. The number of amides is 1. The molecule has 1 aromatic carbocycles. The molecule has 1 aliphatic heterocycles. The van der Waals surface area contributed by atoms with Gasteiger partial charge in [-0.3, -0.25) is 19.1 Å². The summed E-state index contributed by atoms with van der Waals surface area (Å²) in [4.78, 5) is 33.4. The number of benzene rings is 1. The minimum absolute atomic E-state index is 0.0418. The first-order valence-electron chi connectivity index (χ1n) is 8.42. The molecule has 0 saturated carbocycles. The number of nitrogens with one attached hydrogen (secondary N) is 1. The molecular weight excluding hydrogens is 330 g/mol. The predicted octanol–water partition coefficient (Wildman–Crippen LogP) is 1.89. The molecule has 0 bridgehead atoms. The smallest absolute Gasteiger partial charge is 0.271 e.